The maximum atomic E-state index is 14.6. The highest BCUT2D eigenvalue weighted by molar-refractivity contribution is 6.88. The van der Waals surface area contributed by atoms with E-state index in [1.165, 1.54) is 0 Å². The van der Waals surface area contributed by atoms with Gasteiger partial charge >= 0.3 is 6.09 Å². The van der Waals surface area contributed by atoms with Crippen LogP contribution in [0.2, 0.25) is 19.6 Å². The molecule has 0 aromatic heterocycles. The minimum absolute atomic E-state index is 0.0506. The number of carbonyl (C=O) groups excluding carboxylic acids is 1. The summed E-state index contributed by atoms with van der Waals surface area (Å²) in [7, 11) is -2.26. The number of carbonyl (C=O) groups is 2. The second-order valence-electron chi connectivity index (χ2n) is 8.48. The Labute approximate surface area is 180 Å². The van der Waals surface area contributed by atoms with E-state index in [4.69, 9.17) is 4.74 Å². The number of carboxylic acid groups (broad SMARTS) is 1. The van der Waals surface area contributed by atoms with Crippen molar-refractivity contribution in [2.75, 3.05) is 18.5 Å². The van der Waals surface area contributed by atoms with Gasteiger partial charge in [0.15, 0.2) is 0 Å². The van der Waals surface area contributed by atoms with Crippen LogP contribution < -0.4 is 15.2 Å². The predicted octanol–water partition coefficient (Wildman–Crippen LogP) is 4.12. The molecule has 1 aliphatic heterocycles. The van der Waals surface area contributed by atoms with Crippen LogP contribution in [0.3, 0.4) is 0 Å². The first-order valence-corrected chi connectivity index (χ1v) is 13.6. The average Bonchev–Trinajstić information content (AvgIpc) is 2.65. The van der Waals surface area contributed by atoms with Gasteiger partial charge in [0.25, 0.3) is 5.91 Å². The second kappa shape index (κ2) is 8.66. The number of fused-ring (bicyclic) bond motifs is 1. The fourth-order valence-corrected chi connectivity index (χ4v) is 5.50. The van der Waals surface area contributed by atoms with E-state index in [0.29, 0.717) is 24.3 Å². The molecule has 3 rings (SSSR count). The molecule has 6 nitrogen and oxygen atoms in total. The van der Waals surface area contributed by atoms with E-state index in [1.807, 2.05) is 26.6 Å². The zero-order valence-electron chi connectivity index (χ0n) is 18.0. The van der Waals surface area contributed by atoms with Gasteiger partial charge in [0.1, 0.15) is 23.4 Å². The molecule has 0 radical (unpaired) electrons. The monoisotopic (exact) mass is 448 g/mol. The lowest BCUT2D eigenvalue weighted by Crippen LogP contribution is -2.45. The number of hydrogen-bond acceptors (Lipinski definition) is 3. The summed E-state index contributed by atoms with van der Waals surface area (Å²) in [4.78, 5) is 25.9. The molecule has 9 heteroatoms. The van der Waals surface area contributed by atoms with Gasteiger partial charge in [-0.25, -0.2) is 13.6 Å². The van der Waals surface area contributed by atoms with Gasteiger partial charge in [-0.3, -0.25) is 9.69 Å². The molecule has 0 spiro atoms. The van der Waals surface area contributed by atoms with Crippen LogP contribution in [0.25, 0.3) is 0 Å². The number of amides is 2. The van der Waals surface area contributed by atoms with Crippen LogP contribution in [0.5, 0.6) is 5.75 Å². The lowest BCUT2D eigenvalue weighted by molar-refractivity contribution is -0.121. The number of anilines is 1. The van der Waals surface area contributed by atoms with E-state index in [1.54, 1.807) is 18.2 Å². The number of benzene rings is 2. The van der Waals surface area contributed by atoms with Gasteiger partial charge in [0.05, 0.1) is 14.7 Å². The lowest BCUT2D eigenvalue weighted by Gasteiger charge is -2.34. The molecule has 0 saturated heterocycles. The van der Waals surface area contributed by atoms with Crippen LogP contribution >= 0.6 is 0 Å². The molecule has 1 atom stereocenters. The highest BCUT2D eigenvalue weighted by atomic mass is 28.3. The zero-order chi connectivity index (χ0) is 22.9. The molecule has 1 aliphatic rings. The number of halogens is 2. The standard InChI is InChI=1S/C22H26F2N2O4Si/c1-5-30-15-6-7-16-13(10-15)8-9-26(22(28)29)19(16)21(27)25-14-11-17(23)20(18(24)12-14)31(2,3)4/h6-7,10-12,19H,5,8-9H2,1-4H3,(H,25,27)(H,28,29)/t19-/m0/s1. The quantitative estimate of drug-likeness (QED) is 0.675. The summed E-state index contributed by atoms with van der Waals surface area (Å²) in [6, 6.07) is 6.16. The molecule has 0 aliphatic carbocycles. The van der Waals surface area contributed by atoms with E-state index < -0.39 is 37.8 Å². The molecular formula is C22H26F2N2O4Si. The van der Waals surface area contributed by atoms with Crippen molar-refractivity contribution in [2.24, 2.45) is 0 Å². The summed E-state index contributed by atoms with van der Waals surface area (Å²) < 4.78 is 34.7. The fourth-order valence-electron chi connectivity index (χ4n) is 3.92. The van der Waals surface area contributed by atoms with Gasteiger partial charge in [0.2, 0.25) is 0 Å². The van der Waals surface area contributed by atoms with E-state index in [9.17, 15) is 23.5 Å². The van der Waals surface area contributed by atoms with Crippen molar-refractivity contribution in [1.29, 1.82) is 0 Å². The predicted molar refractivity (Wildman–Crippen MR) is 117 cm³/mol. The van der Waals surface area contributed by atoms with Crippen molar-refractivity contribution < 1.29 is 28.2 Å². The van der Waals surface area contributed by atoms with E-state index in [-0.39, 0.29) is 17.4 Å². The van der Waals surface area contributed by atoms with Gasteiger partial charge in [0, 0.05) is 17.4 Å². The van der Waals surface area contributed by atoms with Crippen LogP contribution in [0.4, 0.5) is 19.3 Å². The SMILES string of the molecule is CCOc1ccc2c(c1)CCN(C(=O)O)[C@@H]2C(=O)Nc1cc(F)c([Si](C)(C)C)c(F)c1. The largest absolute Gasteiger partial charge is 0.494 e. The van der Waals surface area contributed by atoms with Crippen LogP contribution in [0.15, 0.2) is 30.3 Å². The van der Waals surface area contributed by atoms with Gasteiger partial charge in [-0.1, -0.05) is 25.7 Å². The van der Waals surface area contributed by atoms with Crippen molar-refractivity contribution in [3.05, 3.63) is 53.1 Å². The molecule has 2 aromatic carbocycles. The van der Waals surface area contributed by atoms with Crippen molar-refractivity contribution in [2.45, 2.75) is 39.0 Å². The second-order valence-corrected chi connectivity index (χ2v) is 13.5. The number of hydrogen-bond donors (Lipinski definition) is 2. The zero-order valence-corrected chi connectivity index (χ0v) is 19.0. The summed E-state index contributed by atoms with van der Waals surface area (Å²) >= 11 is 0. The van der Waals surface area contributed by atoms with Crippen molar-refractivity contribution >= 4 is 30.9 Å². The third-order valence-electron chi connectivity index (χ3n) is 5.21. The Hall–Kier alpha value is -2.94. The van der Waals surface area contributed by atoms with Gasteiger partial charge in [-0.05, 0) is 48.7 Å². The highest BCUT2D eigenvalue weighted by Crippen LogP contribution is 2.33. The summed E-state index contributed by atoms with van der Waals surface area (Å²) in [6.07, 6.45) is -0.813. The number of ether oxygens (including phenoxy) is 1. The first-order chi connectivity index (χ1) is 14.5. The maximum Gasteiger partial charge on any atom is 0.408 e. The third-order valence-corrected chi connectivity index (χ3v) is 7.19. The Morgan fingerprint density at radius 2 is 1.84 bits per heavy atom. The summed E-state index contributed by atoms with van der Waals surface area (Å²) in [6.45, 7) is 7.93. The molecule has 2 N–H and O–H groups in total. The van der Waals surface area contributed by atoms with Crippen LogP contribution in [0, 0.1) is 11.6 Å². The maximum absolute atomic E-state index is 14.6. The normalized spacial score (nSPS) is 15.9. The molecule has 0 unspecified atom stereocenters. The highest BCUT2D eigenvalue weighted by Gasteiger charge is 2.36. The van der Waals surface area contributed by atoms with Crippen molar-refractivity contribution in [3.63, 3.8) is 0 Å². The van der Waals surface area contributed by atoms with Crippen molar-refractivity contribution in [3.8, 4) is 5.75 Å². The molecule has 1 heterocycles. The molecule has 2 aromatic rings. The first-order valence-electron chi connectivity index (χ1n) is 10.1. The number of rotatable bonds is 5. The molecule has 0 saturated carbocycles. The first kappa shape index (κ1) is 22.7. The fraction of sp³-hybridized carbons (Fsp3) is 0.364. The Morgan fingerprint density at radius 3 is 2.39 bits per heavy atom. The lowest BCUT2D eigenvalue weighted by atomic mass is 9.92. The van der Waals surface area contributed by atoms with Crippen LogP contribution in [-0.2, 0) is 11.2 Å². The van der Waals surface area contributed by atoms with Crippen LogP contribution in [0.1, 0.15) is 24.1 Å². The minimum Gasteiger partial charge on any atom is -0.494 e. The molecular weight excluding hydrogens is 422 g/mol. The Kier molecular flexibility index (Phi) is 6.35. The smallest absolute Gasteiger partial charge is 0.408 e. The Morgan fingerprint density at radius 1 is 1.19 bits per heavy atom. The van der Waals surface area contributed by atoms with Crippen molar-refractivity contribution in [1.82, 2.24) is 4.90 Å². The molecule has 166 valence electrons. The third kappa shape index (κ3) is 4.71. The van der Waals surface area contributed by atoms with Gasteiger partial charge in [-0.2, -0.15) is 0 Å². The van der Waals surface area contributed by atoms with Crippen LogP contribution in [-0.4, -0.2) is 43.2 Å². The van der Waals surface area contributed by atoms with E-state index in [2.05, 4.69) is 5.32 Å². The van der Waals surface area contributed by atoms with E-state index in [0.717, 1.165) is 22.6 Å². The summed E-state index contributed by atoms with van der Waals surface area (Å²) in [5.41, 5.74) is 1.27. The summed E-state index contributed by atoms with van der Waals surface area (Å²) in [5, 5.41) is 12.2. The number of nitrogens with zero attached hydrogens (tertiary/aromatic N) is 1. The molecule has 2 amide bonds. The number of nitrogens with one attached hydrogen (secondary N) is 1. The summed E-state index contributed by atoms with van der Waals surface area (Å²) in [5.74, 6) is -1.47. The van der Waals surface area contributed by atoms with E-state index >= 15 is 0 Å². The Balaban J connectivity index is 1.95. The molecule has 0 fully saturated rings. The van der Waals surface area contributed by atoms with Gasteiger partial charge in [-0.15, -0.1) is 0 Å². The molecule has 0 bridgehead atoms. The van der Waals surface area contributed by atoms with Gasteiger partial charge < -0.3 is 15.2 Å². The minimum atomic E-state index is -2.26. The topological polar surface area (TPSA) is 78.9 Å². The molecule has 31 heavy (non-hydrogen) atoms. The average molecular weight is 449 g/mol. The Bertz CT molecular complexity index is 1000.